The van der Waals surface area contributed by atoms with Gasteiger partial charge in [-0.3, -0.25) is 24.5 Å². The molecule has 0 saturated heterocycles. The predicted molar refractivity (Wildman–Crippen MR) is 70.2 cm³/mol. The van der Waals surface area contributed by atoms with Crippen molar-refractivity contribution in [2.24, 2.45) is 0 Å². The van der Waals surface area contributed by atoms with Crippen molar-refractivity contribution in [2.75, 3.05) is 7.11 Å². The highest BCUT2D eigenvalue weighted by Crippen LogP contribution is 2.13. The number of ketones is 1. The Bertz CT molecular complexity index is 503. The van der Waals surface area contributed by atoms with Gasteiger partial charge in [-0.05, 0) is 12.1 Å². The van der Waals surface area contributed by atoms with Crippen LogP contribution in [-0.4, -0.2) is 30.7 Å². The number of hydrogen-bond donors (Lipinski definition) is 1. The zero-order chi connectivity index (χ0) is 15.1. The van der Waals surface area contributed by atoms with Crippen molar-refractivity contribution >= 4 is 23.6 Å². The summed E-state index contributed by atoms with van der Waals surface area (Å²) in [5.41, 5.74) is 0.940. The second-order valence-corrected chi connectivity index (χ2v) is 3.97. The van der Waals surface area contributed by atoms with Crippen LogP contribution in [0.5, 0.6) is 0 Å². The van der Waals surface area contributed by atoms with E-state index in [2.05, 4.69) is 10.1 Å². The first-order chi connectivity index (χ1) is 9.49. The van der Waals surface area contributed by atoms with Crippen molar-refractivity contribution in [3.8, 4) is 0 Å². The number of imide groups is 1. The van der Waals surface area contributed by atoms with Gasteiger partial charge in [-0.15, -0.1) is 0 Å². The van der Waals surface area contributed by atoms with Crippen LogP contribution in [0.3, 0.4) is 0 Å². The first kappa shape index (κ1) is 15.6. The first-order valence-electron chi connectivity index (χ1n) is 6.02. The molecule has 0 saturated carbocycles. The van der Waals surface area contributed by atoms with Crippen LogP contribution in [0.1, 0.15) is 40.5 Å². The third-order valence-corrected chi connectivity index (χ3v) is 2.61. The van der Waals surface area contributed by atoms with Gasteiger partial charge < -0.3 is 4.74 Å². The maximum absolute atomic E-state index is 10.9. The Labute approximate surface area is 116 Å². The Balaban J connectivity index is 0.000000206. The molecule has 6 nitrogen and oxygen atoms in total. The molecule has 1 N–H and O–H groups in total. The van der Waals surface area contributed by atoms with Crippen LogP contribution in [0.4, 0.5) is 0 Å². The average molecular weight is 277 g/mol. The van der Waals surface area contributed by atoms with E-state index < -0.39 is 5.97 Å². The molecule has 0 atom stereocenters. The number of hydrogen-bond acceptors (Lipinski definition) is 5. The smallest absolute Gasteiger partial charge is 0.313 e. The van der Waals surface area contributed by atoms with Gasteiger partial charge in [-0.25, -0.2) is 0 Å². The Morgan fingerprint density at radius 2 is 1.60 bits per heavy atom. The van der Waals surface area contributed by atoms with Crippen molar-refractivity contribution in [3.05, 3.63) is 35.4 Å². The summed E-state index contributed by atoms with van der Waals surface area (Å²) in [4.78, 5) is 42.7. The summed E-state index contributed by atoms with van der Waals surface area (Å²) in [5, 5.41) is 2.20. The van der Waals surface area contributed by atoms with Crippen molar-refractivity contribution in [1.82, 2.24) is 5.32 Å². The lowest BCUT2D eigenvalue weighted by molar-refractivity contribution is -0.143. The number of methoxy groups -OCH3 is 1. The number of rotatable bonds is 3. The molecule has 1 aromatic rings. The molecule has 1 aliphatic rings. The van der Waals surface area contributed by atoms with Crippen molar-refractivity contribution in [3.63, 3.8) is 0 Å². The lowest BCUT2D eigenvalue weighted by Gasteiger charge is -1.93. The summed E-state index contributed by atoms with van der Waals surface area (Å²) in [6, 6.07) is 6.74. The van der Waals surface area contributed by atoms with E-state index in [1.165, 1.54) is 7.11 Å². The quantitative estimate of drug-likeness (QED) is 0.507. The molecule has 20 heavy (non-hydrogen) atoms. The summed E-state index contributed by atoms with van der Waals surface area (Å²) in [6.07, 6.45) is 0.308. The van der Waals surface area contributed by atoms with E-state index >= 15 is 0 Å². The number of fused-ring (bicyclic) bond motifs is 1. The van der Waals surface area contributed by atoms with Crippen LogP contribution in [0, 0.1) is 0 Å². The fraction of sp³-hybridized carbons (Fsp3) is 0.286. The molecule has 2 rings (SSSR count). The predicted octanol–water partition coefficient (Wildman–Crippen LogP) is 1.10. The number of nitrogens with one attached hydrogen (secondary N) is 1. The molecule has 106 valence electrons. The van der Waals surface area contributed by atoms with Crippen molar-refractivity contribution in [2.45, 2.75) is 19.8 Å². The summed E-state index contributed by atoms with van der Waals surface area (Å²) < 4.78 is 4.26. The van der Waals surface area contributed by atoms with E-state index in [0.717, 1.165) is 0 Å². The van der Waals surface area contributed by atoms with Gasteiger partial charge in [0.25, 0.3) is 11.8 Å². The molecular weight excluding hydrogens is 262 g/mol. The second kappa shape index (κ2) is 7.18. The lowest BCUT2D eigenvalue weighted by Crippen LogP contribution is -2.19. The molecule has 0 radical (unpaired) electrons. The highest BCUT2D eigenvalue weighted by atomic mass is 16.5. The van der Waals surface area contributed by atoms with Crippen molar-refractivity contribution < 1.29 is 23.9 Å². The zero-order valence-electron chi connectivity index (χ0n) is 11.3. The summed E-state index contributed by atoms with van der Waals surface area (Å²) in [5.74, 6) is -1.14. The molecule has 0 aromatic heterocycles. The van der Waals surface area contributed by atoms with Crippen LogP contribution in [0.2, 0.25) is 0 Å². The minimum Gasteiger partial charge on any atom is -0.469 e. The third kappa shape index (κ3) is 4.01. The van der Waals surface area contributed by atoms with Crippen LogP contribution < -0.4 is 5.32 Å². The molecule has 1 aromatic carbocycles. The van der Waals surface area contributed by atoms with Crippen LogP contribution in [-0.2, 0) is 14.3 Å². The average Bonchev–Trinajstić information content (AvgIpc) is 2.75. The van der Waals surface area contributed by atoms with Gasteiger partial charge in [0.2, 0.25) is 0 Å². The summed E-state index contributed by atoms with van der Waals surface area (Å²) >= 11 is 0. The minimum atomic E-state index is -0.457. The van der Waals surface area contributed by atoms with Gasteiger partial charge in [0.15, 0.2) is 0 Å². The SMILES string of the molecule is CCC(=O)CC(=O)OC.O=C1NC(=O)c2ccccc21. The van der Waals surface area contributed by atoms with Crippen molar-refractivity contribution in [1.29, 1.82) is 0 Å². The summed E-state index contributed by atoms with van der Waals surface area (Å²) in [6.45, 7) is 1.71. The molecule has 2 amide bonds. The highest BCUT2D eigenvalue weighted by molar-refractivity contribution is 6.21. The second-order valence-electron chi connectivity index (χ2n) is 3.97. The van der Waals surface area contributed by atoms with E-state index in [1.54, 1.807) is 31.2 Å². The monoisotopic (exact) mass is 277 g/mol. The Morgan fingerprint density at radius 3 is 2.00 bits per heavy atom. The Morgan fingerprint density at radius 1 is 1.10 bits per heavy atom. The van der Waals surface area contributed by atoms with Gasteiger partial charge in [0, 0.05) is 6.42 Å². The molecule has 0 unspecified atom stereocenters. The molecule has 1 aliphatic heterocycles. The van der Waals surface area contributed by atoms with Crippen LogP contribution >= 0.6 is 0 Å². The number of Topliss-reactive ketones (excluding diaryl/α,β-unsaturated/α-hetero) is 1. The molecule has 0 aliphatic carbocycles. The summed E-state index contributed by atoms with van der Waals surface area (Å²) in [7, 11) is 1.27. The largest absolute Gasteiger partial charge is 0.469 e. The standard InChI is InChI=1S/C8H5NO2.C6H10O3/c10-7-5-3-1-2-4-6(5)8(11)9-7;1-3-5(7)4-6(8)9-2/h1-4H,(H,9,10,11);3-4H2,1-2H3. The van der Waals surface area contributed by atoms with Gasteiger partial charge in [0.1, 0.15) is 12.2 Å². The van der Waals surface area contributed by atoms with E-state index in [4.69, 9.17) is 0 Å². The third-order valence-electron chi connectivity index (χ3n) is 2.61. The maximum Gasteiger partial charge on any atom is 0.313 e. The van der Waals surface area contributed by atoms with E-state index in [1.807, 2.05) is 0 Å². The van der Waals surface area contributed by atoms with Crippen LogP contribution in [0.25, 0.3) is 0 Å². The molecule has 6 heteroatoms. The van der Waals surface area contributed by atoms with Crippen LogP contribution in [0.15, 0.2) is 24.3 Å². The number of benzene rings is 1. The maximum atomic E-state index is 10.9. The van der Waals surface area contributed by atoms with Gasteiger partial charge >= 0.3 is 5.97 Å². The normalized spacial score (nSPS) is 11.9. The number of carbonyl (C=O) groups is 4. The van der Waals surface area contributed by atoms with E-state index in [9.17, 15) is 19.2 Å². The number of ether oxygens (including phenoxy) is 1. The molecule has 1 heterocycles. The number of carbonyl (C=O) groups excluding carboxylic acids is 4. The number of esters is 1. The molecule has 0 spiro atoms. The fourth-order valence-corrected chi connectivity index (χ4v) is 1.48. The zero-order valence-corrected chi connectivity index (χ0v) is 11.3. The highest BCUT2D eigenvalue weighted by Gasteiger charge is 2.25. The fourth-order valence-electron chi connectivity index (χ4n) is 1.48. The molecular formula is C14H15NO5. The topological polar surface area (TPSA) is 89.5 Å². The first-order valence-corrected chi connectivity index (χ1v) is 6.02. The molecule has 0 fully saturated rings. The minimum absolute atomic E-state index is 0.0816. The Hall–Kier alpha value is -2.50. The van der Waals surface area contributed by atoms with Gasteiger partial charge in [-0.2, -0.15) is 0 Å². The molecule has 0 bridgehead atoms. The number of amides is 2. The van der Waals surface area contributed by atoms with E-state index in [0.29, 0.717) is 17.5 Å². The van der Waals surface area contributed by atoms with Gasteiger partial charge in [-0.1, -0.05) is 19.1 Å². The van der Waals surface area contributed by atoms with Gasteiger partial charge in [0.05, 0.1) is 18.2 Å². The van der Waals surface area contributed by atoms with E-state index in [-0.39, 0.29) is 24.0 Å². The Kier molecular flexibility index (Phi) is 5.58. The lowest BCUT2D eigenvalue weighted by atomic mass is 10.1.